The molecule has 1 aliphatic rings. The van der Waals surface area contributed by atoms with Crippen LogP contribution in [0.15, 0.2) is 16.7 Å². The van der Waals surface area contributed by atoms with Crippen molar-refractivity contribution in [2.75, 3.05) is 18.5 Å². The van der Waals surface area contributed by atoms with Crippen molar-refractivity contribution in [1.82, 2.24) is 9.88 Å². The maximum absolute atomic E-state index is 12.1. The molecule has 5 nitrogen and oxygen atoms in total. The van der Waals surface area contributed by atoms with Gasteiger partial charge in [0.1, 0.15) is 0 Å². The third kappa shape index (κ3) is 2.17. The summed E-state index contributed by atoms with van der Waals surface area (Å²) in [5.41, 5.74) is 2.96. The Morgan fingerprint density at radius 1 is 1.50 bits per heavy atom. The number of likely N-dealkylation sites (tertiary alicyclic amines) is 1. The van der Waals surface area contributed by atoms with Crippen molar-refractivity contribution in [2.45, 2.75) is 12.8 Å². The second-order valence-corrected chi connectivity index (χ2v) is 4.61. The molecule has 16 heavy (non-hydrogen) atoms. The topological polar surface area (TPSA) is 71.2 Å². The molecule has 0 aromatic carbocycles. The first-order valence-corrected chi connectivity index (χ1v) is 5.93. The van der Waals surface area contributed by atoms with Crippen LogP contribution in [0.1, 0.15) is 23.2 Å². The first-order chi connectivity index (χ1) is 7.72. The molecule has 0 radical (unpaired) electrons. The molecular formula is C10H13BrN4O. The zero-order valence-electron chi connectivity index (χ0n) is 8.74. The van der Waals surface area contributed by atoms with Gasteiger partial charge in [-0.05, 0) is 34.8 Å². The smallest absolute Gasteiger partial charge is 0.257 e. The Balaban J connectivity index is 2.30. The van der Waals surface area contributed by atoms with E-state index in [1.807, 2.05) is 4.90 Å². The van der Waals surface area contributed by atoms with Gasteiger partial charge in [-0.25, -0.2) is 10.8 Å². The van der Waals surface area contributed by atoms with Crippen LogP contribution in [0.4, 0.5) is 5.82 Å². The van der Waals surface area contributed by atoms with Crippen molar-refractivity contribution in [3.8, 4) is 0 Å². The number of nitrogen functional groups attached to an aromatic ring is 1. The van der Waals surface area contributed by atoms with Crippen LogP contribution in [0.3, 0.4) is 0 Å². The van der Waals surface area contributed by atoms with E-state index in [-0.39, 0.29) is 5.91 Å². The number of pyridine rings is 1. The second-order valence-electron chi connectivity index (χ2n) is 3.69. The molecular weight excluding hydrogens is 272 g/mol. The maximum atomic E-state index is 12.1. The van der Waals surface area contributed by atoms with Crippen LogP contribution in [-0.2, 0) is 0 Å². The highest BCUT2D eigenvalue weighted by atomic mass is 79.9. The van der Waals surface area contributed by atoms with Crippen molar-refractivity contribution in [2.24, 2.45) is 5.84 Å². The molecule has 2 rings (SSSR count). The van der Waals surface area contributed by atoms with Gasteiger partial charge in [-0.15, -0.1) is 0 Å². The lowest BCUT2D eigenvalue weighted by atomic mass is 10.2. The molecule has 1 aliphatic heterocycles. The van der Waals surface area contributed by atoms with Gasteiger partial charge in [-0.2, -0.15) is 0 Å². The number of hydrogen-bond acceptors (Lipinski definition) is 4. The molecule has 1 aromatic rings. The quantitative estimate of drug-likeness (QED) is 0.636. The van der Waals surface area contributed by atoms with Crippen molar-refractivity contribution < 1.29 is 4.79 Å². The van der Waals surface area contributed by atoms with E-state index in [1.54, 1.807) is 12.3 Å². The van der Waals surface area contributed by atoms with Gasteiger partial charge in [-0.3, -0.25) is 4.79 Å². The maximum Gasteiger partial charge on any atom is 0.257 e. The van der Waals surface area contributed by atoms with E-state index < -0.39 is 0 Å². The Morgan fingerprint density at radius 3 is 2.81 bits per heavy atom. The molecule has 1 amide bonds. The van der Waals surface area contributed by atoms with Crippen molar-refractivity contribution in [1.29, 1.82) is 0 Å². The molecule has 0 atom stereocenters. The first-order valence-electron chi connectivity index (χ1n) is 5.14. The molecule has 86 valence electrons. The molecule has 3 N–H and O–H groups in total. The molecule has 0 saturated carbocycles. The Kier molecular flexibility index (Phi) is 3.40. The number of nitrogens with zero attached hydrogens (tertiary/aromatic N) is 2. The molecule has 0 aliphatic carbocycles. The van der Waals surface area contributed by atoms with Crippen molar-refractivity contribution >= 4 is 27.7 Å². The van der Waals surface area contributed by atoms with E-state index in [9.17, 15) is 4.79 Å². The van der Waals surface area contributed by atoms with Gasteiger partial charge < -0.3 is 10.3 Å². The van der Waals surface area contributed by atoms with Gasteiger partial charge in [0.2, 0.25) is 0 Å². The summed E-state index contributed by atoms with van der Waals surface area (Å²) in [5.74, 6) is 5.74. The predicted molar refractivity (Wildman–Crippen MR) is 64.9 cm³/mol. The summed E-state index contributed by atoms with van der Waals surface area (Å²) in [5, 5.41) is 0. The molecule has 0 spiro atoms. The zero-order chi connectivity index (χ0) is 11.5. The van der Waals surface area contributed by atoms with E-state index in [0.717, 1.165) is 30.4 Å². The van der Waals surface area contributed by atoms with Crippen LogP contribution < -0.4 is 11.3 Å². The summed E-state index contributed by atoms with van der Waals surface area (Å²) in [6.07, 6.45) is 3.74. The van der Waals surface area contributed by atoms with E-state index in [4.69, 9.17) is 5.84 Å². The standard InChI is InChI=1S/C10H13BrN4O/c11-7-5-8(9(14-12)13-6-7)10(16)15-3-1-2-4-15/h5-6H,1-4,12H2,(H,13,14). The molecule has 1 fully saturated rings. The van der Waals surface area contributed by atoms with Gasteiger partial charge in [0.25, 0.3) is 5.91 Å². The minimum Gasteiger partial charge on any atom is -0.339 e. The van der Waals surface area contributed by atoms with E-state index in [1.165, 1.54) is 0 Å². The number of anilines is 1. The highest BCUT2D eigenvalue weighted by Gasteiger charge is 2.22. The minimum absolute atomic E-state index is 0.0146. The van der Waals surface area contributed by atoms with Crippen LogP contribution in [-0.4, -0.2) is 28.9 Å². The third-order valence-corrected chi connectivity index (χ3v) is 3.05. The number of amides is 1. The highest BCUT2D eigenvalue weighted by Crippen LogP contribution is 2.21. The number of hydrazine groups is 1. The Bertz CT molecular complexity index is 404. The predicted octanol–water partition coefficient (Wildman–Crippen LogP) is 1.37. The molecule has 2 heterocycles. The number of carbonyl (C=O) groups is 1. The Hall–Kier alpha value is -1.14. The number of halogens is 1. The van der Waals surface area contributed by atoms with E-state index in [2.05, 4.69) is 26.3 Å². The number of aromatic nitrogens is 1. The van der Waals surface area contributed by atoms with E-state index >= 15 is 0 Å². The number of hydrogen-bond donors (Lipinski definition) is 2. The Morgan fingerprint density at radius 2 is 2.19 bits per heavy atom. The average molecular weight is 285 g/mol. The minimum atomic E-state index is -0.0146. The highest BCUT2D eigenvalue weighted by molar-refractivity contribution is 9.10. The lowest BCUT2D eigenvalue weighted by Crippen LogP contribution is -2.29. The molecule has 1 saturated heterocycles. The summed E-state index contributed by atoms with van der Waals surface area (Å²) < 4.78 is 0.772. The van der Waals surface area contributed by atoms with Crippen LogP contribution in [0.2, 0.25) is 0 Å². The van der Waals surface area contributed by atoms with Crippen LogP contribution in [0.25, 0.3) is 0 Å². The molecule has 0 unspecified atom stereocenters. The van der Waals surface area contributed by atoms with Crippen LogP contribution in [0, 0.1) is 0 Å². The first kappa shape index (κ1) is 11.3. The van der Waals surface area contributed by atoms with Gasteiger partial charge in [-0.1, -0.05) is 0 Å². The number of nitrogens with one attached hydrogen (secondary N) is 1. The number of carbonyl (C=O) groups excluding carboxylic acids is 1. The summed E-state index contributed by atoms with van der Waals surface area (Å²) in [4.78, 5) is 18.0. The number of rotatable bonds is 2. The van der Waals surface area contributed by atoms with Gasteiger partial charge in [0.15, 0.2) is 5.82 Å². The largest absolute Gasteiger partial charge is 0.339 e. The molecule has 1 aromatic heterocycles. The lowest BCUT2D eigenvalue weighted by Gasteiger charge is -2.16. The van der Waals surface area contributed by atoms with Crippen molar-refractivity contribution in [3.63, 3.8) is 0 Å². The summed E-state index contributed by atoms with van der Waals surface area (Å²) in [7, 11) is 0. The Labute approximate surface area is 102 Å². The average Bonchev–Trinajstić information content (AvgIpc) is 2.81. The molecule has 0 bridgehead atoms. The lowest BCUT2D eigenvalue weighted by molar-refractivity contribution is 0.0793. The van der Waals surface area contributed by atoms with E-state index in [0.29, 0.717) is 11.4 Å². The second kappa shape index (κ2) is 4.80. The monoisotopic (exact) mass is 284 g/mol. The molecule has 6 heteroatoms. The SMILES string of the molecule is NNc1ncc(Br)cc1C(=O)N1CCCC1. The van der Waals surface area contributed by atoms with Crippen LogP contribution in [0.5, 0.6) is 0 Å². The van der Waals surface area contributed by atoms with Crippen LogP contribution >= 0.6 is 15.9 Å². The van der Waals surface area contributed by atoms with Gasteiger partial charge in [0, 0.05) is 23.8 Å². The fourth-order valence-electron chi connectivity index (χ4n) is 1.81. The summed E-state index contributed by atoms with van der Waals surface area (Å²) in [6, 6.07) is 1.74. The van der Waals surface area contributed by atoms with Crippen molar-refractivity contribution in [3.05, 3.63) is 22.3 Å². The summed E-state index contributed by atoms with van der Waals surface area (Å²) in [6.45, 7) is 1.63. The normalized spacial score (nSPS) is 15.2. The number of nitrogens with two attached hydrogens (primary N) is 1. The summed E-state index contributed by atoms with van der Waals surface area (Å²) >= 11 is 3.30. The fourth-order valence-corrected chi connectivity index (χ4v) is 2.14. The zero-order valence-corrected chi connectivity index (χ0v) is 10.3. The van der Waals surface area contributed by atoms with Gasteiger partial charge in [0.05, 0.1) is 5.56 Å². The third-order valence-electron chi connectivity index (χ3n) is 2.61. The fraction of sp³-hybridized carbons (Fsp3) is 0.400. The van der Waals surface area contributed by atoms with Gasteiger partial charge >= 0.3 is 0 Å².